The van der Waals surface area contributed by atoms with Crippen molar-refractivity contribution < 1.29 is 14.6 Å². The molecule has 0 aromatic rings. The maximum atomic E-state index is 9.56. The van der Waals surface area contributed by atoms with E-state index in [1.54, 1.807) is 0 Å². The predicted molar refractivity (Wildman–Crippen MR) is 48.0 cm³/mol. The predicted octanol–water partition coefficient (Wildman–Crippen LogP) is 1.65. The summed E-state index contributed by atoms with van der Waals surface area (Å²) in [6, 6.07) is 0. The van der Waals surface area contributed by atoms with Gasteiger partial charge in [0.2, 0.25) is 0 Å². The molecular weight excluding hydrogens is 168 g/mol. The number of rotatable bonds is 1. The van der Waals surface area contributed by atoms with Gasteiger partial charge in [0.1, 0.15) is 6.10 Å². The maximum absolute atomic E-state index is 9.56. The van der Waals surface area contributed by atoms with Crippen LogP contribution in [-0.4, -0.2) is 23.8 Å². The van der Waals surface area contributed by atoms with Gasteiger partial charge >= 0.3 is 0 Å². The number of hydrogen-bond acceptors (Lipinski definition) is 3. The molecule has 0 aromatic carbocycles. The highest BCUT2D eigenvalue weighted by Crippen LogP contribution is 2.33. The zero-order chi connectivity index (χ0) is 9.26. The summed E-state index contributed by atoms with van der Waals surface area (Å²) in [4.78, 5) is 0. The molecule has 1 saturated heterocycles. The fourth-order valence-corrected chi connectivity index (χ4v) is 2.40. The van der Waals surface area contributed by atoms with Crippen LogP contribution >= 0.6 is 0 Å². The Hall–Kier alpha value is -0.120. The monoisotopic (exact) mass is 186 g/mol. The Balaban J connectivity index is 1.91. The Morgan fingerprint density at radius 2 is 1.77 bits per heavy atom. The largest absolute Gasteiger partial charge is 0.366 e. The standard InChI is InChI=1S/C10H18O3/c1-7-12-9(10(11)13-7)8-5-3-2-4-6-8/h7-11H,2-6H2,1H3/t7?,9-,10?/m0/s1. The van der Waals surface area contributed by atoms with Gasteiger partial charge in [-0.15, -0.1) is 0 Å². The van der Waals surface area contributed by atoms with E-state index in [9.17, 15) is 5.11 Å². The second-order valence-corrected chi connectivity index (χ2v) is 4.09. The van der Waals surface area contributed by atoms with E-state index in [4.69, 9.17) is 9.47 Å². The van der Waals surface area contributed by atoms with Crippen LogP contribution in [0, 0.1) is 5.92 Å². The third-order valence-electron chi connectivity index (χ3n) is 3.08. The van der Waals surface area contributed by atoms with Crippen LogP contribution in [0.4, 0.5) is 0 Å². The molecule has 0 aromatic heterocycles. The molecular formula is C10H18O3. The molecule has 3 heteroatoms. The molecule has 2 aliphatic rings. The number of ether oxygens (including phenoxy) is 2. The Bertz CT molecular complexity index is 166. The first-order valence-electron chi connectivity index (χ1n) is 5.26. The van der Waals surface area contributed by atoms with E-state index in [1.807, 2.05) is 6.92 Å². The third-order valence-corrected chi connectivity index (χ3v) is 3.08. The van der Waals surface area contributed by atoms with E-state index >= 15 is 0 Å². The fraction of sp³-hybridized carbons (Fsp3) is 1.00. The van der Waals surface area contributed by atoms with E-state index in [0.717, 1.165) is 0 Å². The highest BCUT2D eigenvalue weighted by molar-refractivity contribution is 4.79. The molecule has 1 aliphatic heterocycles. The number of hydrogen-bond donors (Lipinski definition) is 1. The van der Waals surface area contributed by atoms with Gasteiger partial charge in [-0.25, -0.2) is 0 Å². The molecule has 2 rings (SSSR count). The van der Waals surface area contributed by atoms with E-state index in [1.165, 1.54) is 32.1 Å². The van der Waals surface area contributed by atoms with E-state index in [2.05, 4.69) is 0 Å². The quantitative estimate of drug-likeness (QED) is 0.676. The molecule has 2 unspecified atom stereocenters. The van der Waals surface area contributed by atoms with Crippen LogP contribution in [0.2, 0.25) is 0 Å². The van der Waals surface area contributed by atoms with Crippen LogP contribution < -0.4 is 0 Å². The molecule has 0 spiro atoms. The Kier molecular flexibility index (Phi) is 2.86. The molecule has 1 heterocycles. The van der Waals surface area contributed by atoms with Crippen molar-refractivity contribution in [1.29, 1.82) is 0 Å². The average Bonchev–Trinajstić information content (AvgIpc) is 2.47. The second-order valence-electron chi connectivity index (χ2n) is 4.09. The molecule has 3 nitrogen and oxygen atoms in total. The summed E-state index contributed by atoms with van der Waals surface area (Å²) in [5.74, 6) is 0.508. The zero-order valence-electron chi connectivity index (χ0n) is 8.11. The maximum Gasteiger partial charge on any atom is 0.184 e. The van der Waals surface area contributed by atoms with Gasteiger partial charge < -0.3 is 14.6 Å². The molecule has 1 aliphatic carbocycles. The van der Waals surface area contributed by atoms with Crippen molar-refractivity contribution in [2.24, 2.45) is 5.92 Å². The van der Waals surface area contributed by atoms with Crippen molar-refractivity contribution in [2.75, 3.05) is 0 Å². The highest BCUT2D eigenvalue weighted by Gasteiger charge is 2.38. The Morgan fingerprint density at radius 3 is 2.31 bits per heavy atom. The van der Waals surface area contributed by atoms with Crippen molar-refractivity contribution in [2.45, 2.75) is 57.7 Å². The smallest absolute Gasteiger partial charge is 0.184 e. The number of aliphatic hydroxyl groups is 1. The minimum absolute atomic E-state index is 0.0738. The first-order chi connectivity index (χ1) is 6.27. The summed E-state index contributed by atoms with van der Waals surface area (Å²) >= 11 is 0. The van der Waals surface area contributed by atoms with E-state index < -0.39 is 6.29 Å². The summed E-state index contributed by atoms with van der Waals surface area (Å²) in [7, 11) is 0. The molecule has 0 radical (unpaired) electrons. The number of aliphatic hydroxyl groups excluding tert-OH is 1. The fourth-order valence-electron chi connectivity index (χ4n) is 2.40. The van der Waals surface area contributed by atoms with Crippen molar-refractivity contribution in [3.63, 3.8) is 0 Å². The summed E-state index contributed by atoms with van der Waals surface area (Å²) < 4.78 is 10.7. The lowest BCUT2D eigenvalue weighted by Crippen LogP contribution is -2.32. The first-order valence-corrected chi connectivity index (χ1v) is 5.26. The molecule has 3 atom stereocenters. The van der Waals surface area contributed by atoms with E-state index in [-0.39, 0.29) is 12.4 Å². The van der Waals surface area contributed by atoms with Crippen LogP contribution in [-0.2, 0) is 9.47 Å². The van der Waals surface area contributed by atoms with Crippen LogP contribution in [0.3, 0.4) is 0 Å². The van der Waals surface area contributed by atoms with Gasteiger partial charge in [-0.3, -0.25) is 0 Å². The van der Waals surface area contributed by atoms with E-state index in [0.29, 0.717) is 5.92 Å². The molecule has 0 amide bonds. The molecule has 13 heavy (non-hydrogen) atoms. The topological polar surface area (TPSA) is 38.7 Å². The zero-order valence-corrected chi connectivity index (χ0v) is 8.11. The van der Waals surface area contributed by atoms with Gasteiger partial charge in [-0.1, -0.05) is 19.3 Å². The summed E-state index contributed by atoms with van der Waals surface area (Å²) in [5, 5.41) is 9.56. The van der Waals surface area contributed by atoms with Gasteiger partial charge in [-0.05, 0) is 25.7 Å². The van der Waals surface area contributed by atoms with Gasteiger partial charge in [0.25, 0.3) is 0 Å². The van der Waals surface area contributed by atoms with Crippen LogP contribution in [0.25, 0.3) is 0 Å². The van der Waals surface area contributed by atoms with Crippen molar-refractivity contribution in [3.05, 3.63) is 0 Å². The lowest BCUT2D eigenvalue weighted by atomic mass is 9.85. The second kappa shape index (κ2) is 3.95. The summed E-state index contributed by atoms with van der Waals surface area (Å²) in [6.07, 6.45) is 5.22. The molecule has 1 saturated carbocycles. The SMILES string of the molecule is CC1OC(O)[C@H](C2CCCCC2)O1. The van der Waals surface area contributed by atoms with Crippen LogP contribution in [0.1, 0.15) is 39.0 Å². The first kappa shape index (κ1) is 9.44. The summed E-state index contributed by atoms with van der Waals surface area (Å²) in [6.45, 7) is 1.84. The van der Waals surface area contributed by atoms with Crippen molar-refractivity contribution in [1.82, 2.24) is 0 Å². The van der Waals surface area contributed by atoms with Crippen molar-refractivity contribution in [3.8, 4) is 0 Å². The lowest BCUT2D eigenvalue weighted by molar-refractivity contribution is -0.106. The minimum Gasteiger partial charge on any atom is -0.366 e. The van der Waals surface area contributed by atoms with Gasteiger partial charge in [0.15, 0.2) is 12.6 Å². The highest BCUT2D eigenvalue weighted by atomic mass is 16.8. The van der Waals surface area contributed by atoms with Crippen LogP contribution in [0.15, 0.2) is 0 Å². The van der Waals surface area contributed by atoms with Gasteiger partial charge in [-0.2, -0.15) is 0 Å². The Labute approximate surface area is 79.0 Å². The van der Waals surface area contributed by atoms with Crippen LogP contribution in [0.5, 0.6) is 0 Å². The molecule has 1 N–H and O–H groups in total. The Morgan fingerprint density at radius 1 is 1.08 bits per heavy atom. The van der Waals surface area contributed by atoms with Gasteiger partial charge in [0.05, 0.1) is 0 Å². The minimum atomic E-state index is -0.696. The average molecular weight is 186 g/mol. The molecule has 0 bridgehead atoms. The third kappa shape index (κ3) is 2.03. The normalized spacial score (nSPS) is 42.5. The molecule has 76 valence electrons. The lowest BCUT2D eigenvalue weighted by Gasteiger charge is -2.27. The van der Waals surface area contributed by atoms with Crippen molar-refractivity contribution >= 4 is 0 Å². The molecule has 2 fully saturated rings. The summed E-state index contributed by atoms with van der Waals surface area (Å²) in [5.41, 5.74) is 0. The van der Waals surface area contributed by atoms with Gasteiger partial charge in [0, 0.05) is 0 Å².